The summed E-state index contributed by atoms with van der Waals surface area (Å²) >= 11 is 0. The van der Waals surface area contributed by atoms with Crippen molar-refractivity contribution in [3.05, 3.63) is 29.8 Å². The highest BCUT2D eigenvalue weighted by molar-refractivity contribution is 5.99. The van der Waals surface area contributed by atoms with Gasteiger partial charge in [-0.15, -0.1) is 0 Å². The van der Waals surface area contributed by atoms with Crippen molar-refractivity contribution in [1.29, 1.82) is 0 Å². The standard InChI is InChI=1S/C14H18N2O3/c1-10(17)11-4-3-5-12(6-11)16-13(7-15-2)8-19-9-14(16)18/h3-6,13,15H,7-9H2,1-2H3. The summed E-state index contributed by atoms with van der Waals surface area (Å²) in [6.45, 7) is 2.75. The second kappa shape index (κ2) is 5.95. The van der Waals surface area contributed by atoms with Gasteiger partial charge in [0.1, 0.15) is 6.61 Å². The molecule has 0 spiro atoms. The zero-order valence-corrected chi connectivity index (χ0v) is 11.2. The zero-order valence-electron chi connectivity index (χ0n) is 11.2. The molecule has 0 radical (unpaired) electrons. The molecule has 1 aliphatic rings. The fourth-order valence-electron chi connectivity index (χ4n) is 2.25. The second-order valence-corrected chi connectivity index (χ2v) is 4.60. The van der Waals surface area contributed by atoms with Crippen LogP contribution in [-0.2, 0) is 9.53 Å². The molecular weight excluding hydrogens is 244 g/mol. The summed E-state index contributed by atoms with van der Waals surface area (Å²) in [4.78, 5) is 25.2. The van der Waals surface area contributed by atoms with Crippen molar-refractivity contribution in [1.82, 2.24) is 5.32 Å². The molecule has 1 aromatic rings. The van der Waals surface area contributed by atoms with Gasteiger partial charge in [0.25, 0.3) is 5.91 Å². The van der Waals surface area contributed by atoms with Gasteiger partial charge >= 0.3 is 0 Å². The number of nitrogens with one attached hydrogen (secondary N) is 1. The Morgan fingerprint density at radius 2 is 2.32 bits per heavy atom. The first kappa shape index (κ1) is 13.7. The lowest BCUT2D eigenvalue weighted by atomic mass is 10.1. The first-order valence-electron chi connectivity index (χ1n) is 6.29. The molecule has 5 heteroatoms. The molecule has 5 nitrogen and oxygen atoms in total. The summed E-state index contributed by atoms with van der Waals surface area (Å²) in [5.41, 5.74) is 1.36. The summed E-state index contributed by atoms with van der Waals surface area (Å²) in [6, 6.07) is 7.11. The van der Waals surface area contributed by atoms with E-state index >= 15 is 0 Å². The number of morpholine rings is 1. The average molecular weight is 262 g/mol. The highest BCUT2D eigenvalue weighted by atomic mass is 16.5. The molecule has 0 saturated carbocycles. The second-order valence-electron chi connectivity index (χ2n) is 4.60. The van der Waals surface area contributed by atoms with Crippen molar-refractivity contribution in [2.75, 3.05) is 31.7 Å². The van der Waals surface area contributed by atoms with Gasteiger partial charge in [0.15, 0.2) is 5.78 Å². The Morgan fingerprint density at radius 3 is 3.00 bits per heavy atom. The number of amides is 1. The predicted octanol–water partition coefficient (Wildman–Crippen LogP) is 0.840. The van der Waals surface area contributed by atoms with Gasteiger partial charge in [-0.05, 0) is 26.1 Å². The maximum Gasteiger partial charge on any atom is 0.253 e. The van der Waals surface area contributed by atoms with Crippen molar-refractivity contribution in [3.63, 3.8) is 0 Å². The van der Waals surface area contributed by atoms with E-state index in [9.17, 15) is 9.59 Å². The third kappa shape index (κ3) is 3.00. The molecule has 1 atom stereocenters. The van der Waals surface area contributed by atoms with Crippen LogP contribution in [0.1, 0.15) is 17.3 Å². The fraction of sp³-hybridized carbons (Fsp3) is 0.429. The molecule has 1 fully saturated rings. The summed E-state index contributed by atoms with van der Waals surface area (Å²) < 4.78 is 5.28. The predicted molar refractivity (Wildman–Crippen MR) is 72.5 cm³/mol. The van der Waals surface area contributed by atoms with Gasteiger partial charge in [0.05, 0.1) is 12.6 Å². The maximum atomic E-state index is 12.0. The number of likely N-dealkylation sites (N-methyl/N-ethyl adjacent to an activating group) is 1. The summed E-state index contributed by atoms with van der Waals surface area (Å²) in [6.07, 6.45) is 0. The Kier molecular flexibility index (Phi) is 4.29. The van der Waals surface area contributed by atoms with E-state index in [0.717, 1.165) is 5.69 Å². The third-order valence-corrected chi connectivity index (χ3v) is 3.14. The van der Waals surface area contributed by atoms with Gasteiger partial charge in [-0.3, -0.25) is 9.59 Å². The molecule has 1 N–H and O–H groups in total. The molecule has 1 aliphatic heterocycles. The van der Waals surface area contributed by atoms with Gasteiger partial charge < -0.3 is 15.0 Å². The fourth-order valence-corrected chi connectivity index (χ4v) is 2.25. The van der Waals surface area contributed by atoms with Crippen LogP contribution in [0.2, 0.25) is 0 Å². The molecule has 1 heterocycles. The van der Waals surface area contributed by atoms with Crippen LogP contribution >= 0.6 is 0 Å². The first-order chi connectivity index (χ1) is 9.13. The minimum absolute atomic E-state index is 0.00674. The van der Waals surface area contributed by atoms with E-state index in [2.05, 4.69) is 5.32 Å². The monoisotopic (exact) mass is 262 g/mol. The van der Waals surface area contributed by atoms with E-state index < -0.39 is 0 Å². The SMILES string of the molecule is CNCC1COCC(=O)N1c1cccc(C(C)=O)c1. The van der Waals surface area contributed by atoms with Crippen molar-refractivity contribution >= 4 is 17.4 Å². The van der Waals surface area contributed by atoms with E-state index in [-0.39, 0.29) is 24.3 Å². The van der Waals surface area contributed by atoms with E-state index in [1.807, 2.05) is 13.1 Å². The van der Waals surface area contributed by atoms with Gasteiger partial charge in [-0.1, -0.05) is 12.1 Å². The molecule has 1 saturated heterocycles. The number of benzene rings is 1. The highest BCUT2D eigenvalue weighted by Crippen LogP contribution is 2.22. The normalized spacial score (nSPS) is 19.6. The first-order valence-corrected chi connectivity index (χ1v) is 6.29. The minimum atomic E-state index is -0.0767. The Labute approximate surface area is 112 Å². The van der Waals surface area contributed by atoms with Crippen molar-refractivity contribution in [3.8, 4) is 0 Å². The number of rotatable bonds is 4. The van der Waals surface area contributed by atoms with Crippen molar-refractivity contribution < 1.29 is 14.3 Å². The number of nitrogens with zero attached hydrogens (tertiary/aromatic N) is 1. The smallest absolute Gasteiger partial charge is 0.253 e. The van der Waals surface area contributed by atoms with Crippen LogP contribution in [0.4, 0.5) is 5.69 Å². The summed E-state index contributed by atoms with van der Waals surface area (Å²) in [7, 11) is 1.84. The van der Waals surface area contributed by atoms with Crippen LogP contribution in [0.5, 0.6) is 0 Å². The van der Waals surface area contributed by atoms with Crippen molar-refractivity contribution in [2.24, 2.45) is 0 Å². The van der Waals surface area contributed by atoms with Crippen molar-refractivity contribution in [2.45, 2.75) is 13.0 Å². The van der Waals surface area contributed by atoms with Gasteiger partial charge in [-0.2, -0.15) is 0 Å². The van der Waals surface area contributed by atoms with E-state index in [1.165, 1.54) is 6.92 Å². The van der Waals surface area contributed by atoms with E-state index in [1.54, 1.807) is 23.1 Å². The lowest BCUT2D eigenvalue weighted by molar-refractivity contribution is -0.127. The molecule has 0 aromatic heterocycles. The molecule has 0 aliphatic carbocycles. The highest BCUT2D eigenvalue weighted by Gasteiger charge is 2.29. The molecular formula is C14H18N2O3. The van der Waals surface area contributed by atoms with Crippen LogP contribution in [-0.4, -0.2) is 44.5 Å². The summed E-state index contributed by atoms with van der Waals surface area (Å²) in [5, 5.41) is 3.05. The Bertz CT molecular complexity index is 485. The Morgan fingerprint density at radius 1 is 1.53 bits per heavy atom. The quantitative estimate of drug-likeness (QED) is 0.817. The largest absolute Gasteiger partial charge is 0.369 e. The topological polar surface area (TPSA) is 58.6 Å². The number of carbonyl (C=O) groups is 2. The van der Waals surface area contributed by atoms with Crippen LogP contribution in [0.15, 0.2) is 24.3 Å². The lowest BCUT2D eigenvalue weighted by Crippen LogP contribution is -2.53. The van der Waals surface area contributed by atoms with Gasteiger partial charge in [0, 0.05) is 17.8 Å². The van der Waals surface area contributed by atoms with Gasteiger partial charge in [0.2, 0.25) is 0 Å². The summed E-state index contributed by atoms with van der Waals surface area (Å²) in [5.74, 6) is -0.0834. The number of ketones is 1. The Hall–Kier alpha value is -1.72. The van der Waals surface area contributed by atoms with E-state index in [4.69, 9.17) is 4.74 Å². The molecule has 0 bridgehead atoms. The van der Waals surface area contributed by atoms with E-state index in [0.29, 0.717) is 18.7 Å². The number of hydrogen-bond donors (Lipinski definition) is 1. The van der Waals surface area contributed by atoms with Crippen LogP contribution in [0.3, 0.4) is 0 Å². The molecule has 2 rings (SSSR count). The zero-order chi connectivity index (χ0) is 13.8. The number of Topliss-reactive ketones (excluding diaryl/α,β-unsaturated/α-hetero) is 1. The molecule has 1 aromatic carbocycles. The van der Waals surface area contributed by atoms with Crippen LogP contribution < -0.4 is 10.2 Å². The molecule has 19 heavy (non-hydrogen) atoms. The lowest BCUT2D eigenvalue weighted by Gasteiger charge is -2.35. The number of hydrogen-bond acceptors (Lipinski definition) is 4. The number of carbonyl (C=O) groups excluding carboxylic acids is 2. The maximum absolute atomic E-state index is 12.0. The minimum Gasteiger partial charge on any atom is -0.369 e. The van der Waals surface area contributed by atoms with Crippen LogP contribution in [0, 0.1) is 0 Å². The molecule has 1 amide bonds. The average Bonchev–Trinajstić information content (AvgIpc) is 2.39. The number of ether oxygens (including phenoxy) is 1. The van der Waals surface area contributed by atoms with Gasteiger partial charge in [-0.25, -0.2) is 0 Å². The molecule has 102 valence electrons. The third-order valence-electron chi connectivity index (χ3n) is 3.14. The Balaban J connectivity index is 2.32. The molecule has 1 unspecified atom stereocenters. The van der Waals surface area contributed by atoms with Crippen LogP contribution in [0.25, 0.3) is 0 Å². The number of anilines is 1.